The molecule has 1 atom stereocenters. The van der Waals surface area contributed by atoms with Crippen LogP contribution >= 0.6 is 0 Å². The Balaban J connectivity index is 1.79. The Morgan fingerprint density at radius 3 is 2.50 bits per heavy atom. The second-order valence-corrected chi connectivity index (χ2v) is 6.34. The van der Waals surface area contributed by atoms with Gasteiger partial charge in [-0.05, 0) is 24.3 Å². The second kappa shape index (κ2) is 7.40. The van der Waals surface area contributed by atoms with Gasteiger partial charge < -0.3 is 0 Å². The van der Waals surface area contributed by atoms with Gasteiger partial charge in [0.05, 0.1) is 22.2 Å². The van der Waals surface area contributed by atoms with Crippen LogP contribution in [0.1, 0.15) is 33.9 Å². The highest BCUT2D eigenvalue weighted by Gasteiger charge is 2.37. The van der Waals surface area contributed by atoms with Gasteiger partial charge in [0.15, 0.2) is 0 Å². The Morgan fingerprint density at radius 1 is 1.04 bits per heavy atom. The van der Waals surface area contributed by atoms with Crippen LogP contribution < -0.4 is 0 Å². The number of nitro benzene ring substituents is 1. The minimum Gasteiger partial charge on any atom is -0.267 e. The van der Waals surface area contributed by atoms with Gasteiger partial charge in [0.25, 0.3) is 11.6 Å². The van der Waals surface area contributed by atoms with Crippen LogP contribution in [0.25, 0.3) is 0 Å². The third-order valence-electron chi connectivity index (χ3n) is 4.63. The van der Waals surface area contributed by atoms with E-state index in [1.165, 1.54) is 11.1 Å². The van der Waals surface area contributed by atoms with Gasteiger partial charge in [-0.25, -0.2) is 5.01 Å². The Morgan fingerprint density at radius 2 is 1.79 bits per heavy atom. The van der Waals surface area contributed by atoms with Gasteiger partial charge in [0.1, 0.15) is 0 Å². The van der Waals surface area contributed by atoms with Crippen molar-refractivity contribution < 1.29 is 9.72 Å². The predicted molar refractivity (Wildman–Crippen MR) is 104 cm³/mol. The summed E-state index contributed by atoms with van der Waals surface area (Å²) in [4.78, 5) is 28.3. The number of carbonyl (C=O) groups is 1. The molecule has 28 heavy (non-hydrogen) atoms. The second-order valence-electron chi connectivity index (χ2n) is 6.34. The summed E-state index contributed by atoms with van der Waals surface area (Å²) in [6.45, 7) is 0. The number of nitro groups is 1. The number of hydrogen-bond acceptors (Lipinski definition) is 5. The molecular weight excluding hydrogens is 356 g/mol. The highest BCUT2D eigenvalue weighted by Crippen LogP contribution is 2.37. The summed E-state index contributed by atoms with van der Waals surface area (Å²) < 4.78 is 0. The van der Waals surface area contributed by atoms with E-state index >= 15 is 0 Å². The van der Waals surface area contributed by atoms with E-state index in [9.17, 15) is 14.9 Å². The summed E-state index contributed by atoms with van der Waals surface area (Å²) in [5.74, 6) is -0.303. The van der Waals surface area contributed by atoms with E-state index in [1.54, 1.807) is 60.9 Å². The molecule has 0 radical (unpaired) electrons. The normalized spacial score (nSPS) is 15.9. The van der Waals surface area contributed by atoms with E-state index in [1.807, 2.05) is 12.1 Å². The molecule has 0 fully saturated rings. The van der Waals surface area contributed by atoms with Crippen molar-refractivity contribution in [3.05, 3.63) is 106 Å². The first-order valence-electron chi connectivity index (χ1n) is 8.75. The first-order valence-corrected chi connectivity index (χ1v) is 8.75. The monoisotopic (exact) mass is 372 g/mol. The fraction of sp³-hybridized carbons (Fsp3) is 0.0952. The smallest absolute Gasteiger partial charge is 0.267 e. The summed E-state index contributed by atoms with van der Waals surface area (Å²) >= 11 is 0. The zero-order chi connectivity index (χ0) is 19.5. The summed E-state index contributed by atoms with van der Waals surface area (Å²) in [5.41, 5.74) is 2.36. The van der Waals surface area contributed by atoms with Gasteiger partial charge in [-0.1, -0.05) is 36.4 Å². The van der Waals surface area contributed by atoms with Crippen LogP contribution in [0, 0.1) is 10.1 Å². The lowest BCUT2D eigenvalue weighted by atomic mass is 9.97. The standard InChI is InChI=1S/C21H16N4O3/c26-21(15-7-2-1-3-8-15)24-20(17-10-4-5-11-19(17)25(27)28)13-18(23-24)16-9-6-12-22-14-16/h1-12,14,20H,13H2. The molecule has 1 aliphatic rings. The van der Waals surface area contributed by atoms with Gasteiger partial charge in [-0.15, -0.1) is 0 Å². The van der Waals surface area contributed by atoms with Crippen LogP contribution in [0.15, 0.2) is 84.2 Å². The quantitative estimate of drug-likeness (QED) is 0.512. The Hall–Kier alpha value is -3.87. The number of para-hydroxylation sites is 1. The number of carbonyl (C=O) groups excluding carboxylic acids is 1. The molecule has 7 heteroatoms. The van der Waals surface area contributed by atoms with Crippen molar-refractivity contribution in [2.24, 2.45) is 5.10 Å². The van der Waals surface area contributed by atoms with Crippen LogP contribution in [0.5, 0.6) is 0 Å². The van der Waals surface area contributed by atoms with E-state index < -0.39 is 11.0 Å². The third kappa shape index (κ3) is 3.25. The minimum atomic E-state index is -0.565. The largest absolute Gasteiger partial charge is 0.274 e. The predicted octanol–water partition coefficient (Wildman–Crippen LogP) is 3.98. The average Bonchev–Trinajstić information content (AvgIpc) is 3.20. The number of benzene rings is 2. The molecule has 138 valence electrons. The molecule has 0 spiro atoms. The van der Waals surface area contributed by atoms with Crippen LogP contribution in [-0.4, -0.2) is 26.5 Å². The molecule has 7 nitrogen and oxygen atoms in total. The van der Waals surface area contributed by atoms with Crippen LogP contribution in [0.3, 0.4) is 0 Å². The topological polar surface area (TPSA) is 88.7 Å². The van der Waals surface area contributed by atoms with Gasteiger partial charge in [0.2, 0.25) is 0 Å². The average molecular weight is 372 g/mol. The number of hydrazone groups is 1. The third-order valence-corrected chi connectivity index (χ3v) is 4.63. The SMILES string of the molecule is O=C(c1ccccc1)N1N=C(c2cccnc2)CC1c1ccccc1[N+](=O)[O-]. The summed E-state index contributed by atoms with van der Waals surface area (Å²) in [7, 11) is 0. The maximum Gasteiger partial charge on any atom is 0.274 e. The molecule has 0 saturated heterocycles. The number of rotatable bonds is 4. The maximum absolute atomic E-state index is 13.1. The number of hydrogen-bond donors (Lipinski definition) is 0. The summed E-state index contributed by atoms with van der Waals surface area (Å²) in [5, 5.41) is 17.4. The zero-order valence-corrected chi connectivity index (χ0v) is 14.8. The van der Waals surface area contributed by atoms with Crippen LogP contribution in [0.2, 0.25) is 0 Å². The van der Waals surface area contributed by atoms with Crippen molar-refractivity contribution >= 4 is 17.3 Å². The molecule has 0 saturated carbocycles. The van der Waals surface area contributed by atoms with Gasteiger partial charge in [-0.2, -0.15) is 5.10 Å². The van der Waals surface area contributed by atoms with Crippen molar-refractivity contribution in [1.29, 1.82) is 0 Å². The van der Waals surface area contributed by atoms with Crippen molar-refractivity contribution in [1.82, 2.24) is 9.99 Å². The van der Waals surface area contributed by atoms with Crippen LogP contribution in [-0.2, 0) is 0 Å². The first-order chi connectivity index (χ1) is 13.6. The van der Waals surface area contributed by atoms with E-state index in [0.717, 1.165) is 5.56 Å². The molecule has 1 aliphatic heterocycles. The number of amides is 1. The molecular formula is C21H16N4O3. The number of nitrogens with zero attached hydrogens (tertiary/aromatic N) is 4. The Labute approximate surface area is 161 Å². The van der Waals surface area contributed by atoms with Crippen molar-refractivity contribution in [2.75, 3.05) is 0 Å². The van der Waals surface area contributed by atoms with Crippen LogP contribution in [0.4, 0.5) is 5.69 Å². The Bertz CT molecular complexity index is 1050. The fourth-order valence-corrected chi connectivity index (χ4v) is 3.30. The minimum absolute atomic E-state index is 0.0269. The zero-order valence-electron chi connectivity index (χ0n) is 14.8. The van der Waals surface area contributed by atoms with Gasteiger partial charge in [-0.3, -0.25) is 19.9 Å². The van der Waals surface area contributed by atoms with E-state index in [0.29, 0.717) is 23.3 Å². The Kier molecular flexibility index (Phi) is 4.63. The van der Waals surface area contributed by atoms with Crippen molar-refractivity contribution in [3.8, 4) is 0 Å². The number of aromatic nitrogens is 1. The summed E-state index contributed by atoms with van der Waals surface area (Å²) in [6.07, 6.45) is 3.70. The van der Waals surface area contributed by atoms with E-state index in [2.05, 4.69) is 10.1 Å². The number of pyridine rings is 1. The molecule has 1 unspecified atom stereocenters. The molecule has 0 N–H and O–H groups in total. The molecule has 3 aromatic rings. The lowest BCUT2D eigenvalue weighted by molar-refractivity contribution is -0.385. The van der Waals surface area contributed by atoms with Gasteiger partial charge >= 0.3 is 0 Å². The maximum atomic E-state index is 13.1. The van der Waals surface area contributed by atoms with E-state index in [-0.39, 0.29) is 11.6 Å². The highest BCUT2D eigenvalue weighted by molar-refractivity contribution is 6.04. The fourth-order valence-electron chi connectivity index (χ4n) is 3.30. The molecule has 2 heterocycles. The summed E-state index contributed by atoms with van der Waals surface area (Å²) in [6, 6.07) is 18.3. The molecule has 4 rings (SSSR count). The molecule has 0 bridgehead atoms. The van der Waals surface area contributed by atoms with Gasteiger partial charge in [0, 0.05) is 36.0 Å². The lowest BCUT2D eigenvalue weighted by Gasteiger charge is -2.22. The highest BCUT2D eigenvalue weighted by atomic mass is 16.6. The molecule has 1 amide bonds. The van der Waals surface area contributed by atoms with Crippen molar-refractivity contribution in [2.45, 2.75) is 12.5 Å². The first kappa shape index (κ1) is 17.5. The molecule has 0 aliphatic carbocycles. The van der Waals surface area contributed by atoms with E-state index in [4.69, 9.17) is 0 Å². The molecule has 1 aromatic heterocycles. The molecule has 2 aromatic carbocycles. The van der Waals surface area contributed by atoms with Crippen molar-refractivity contribution in [3.63, 3.8) is 0 Å². The lowest BCUT2D eigenvalue weighted by Crippen LogP contribution is -2.27.